The van der Waals surface area contributed by atoms with Gasteiger partial charge in [-0.15, -0.1) is 0 Å². The topological polar surface area (TPSA) is 97.4 Å². The highest BCUT2D eigenvalue weighted by atomic mass is 32.2. The first-order valence-electron chi connectivity index (χ1n) is 7.21. The zero-order chi connectivity index (χ0) is 17.8. The Morgan fingerprint density at radius 3 is 2.52 bits per heavy atom. The summed E-state index contributed by atoms with van der Waals surface area (Å²) in [7, 11) is 1.51. The predicted octanol–water partition coefficient (Wildman–Crippen LogP) is 2.67. The van der Waals surface area contributed by atoms with Crippen molar-refractivity contribution in [3.63, 3.8) is 0 Å². The third-order valence-corrected chi connectivity index (χ3v) is 4.13. The second-order valence-electron chi connectivity index (χ2n) is 5.02. The Morgan fingerprint density at radius 1 is 1.20 bits per heavy atom. The maximum absolute atomic E-state index is 12.2. The molecular weight excluding hydrogens is 342 g/mol. The summed E-state index contributed by atoms with van der Waals surface area (Å²) in [6, 6.07) is 10.0. The fourth-order valence-corrected chi connectivity index (χ4v) is 2.76. The molecule has 0 aliphatic carbocycles. The molecule has 0 radical (unpaired) electrons. The van der Waals surface area contributed by atoms with Crippen LogP contribution in [0.5, 0.6) is 5.88 Å². The molecule has 126 valence electrons. The second-order valence-corrected chi connectivity index (χ2v) is 6.03. The van der Waals surface area contributed by atoms with E-state index in [2.05, 4.69) is 15.6 Å². The molecule has 0 unspecified atom stereocenters. The van der Waals surface area contributed by atoms with E-state index < -0.39 is 5.91 Å². The van der Waals surface area contributed by atoms with Crippen LogP contribution in [0.4, 0.5) is 10.5 Å². The third kappa shape index (κ3) is 4.04. The van der Waals surface area contributed by atoms with E-state index in [4.69, 9.17) is 4.74 Å². The minimum atomic E-state index is -0.413. The number of hydrogen-bond donors (Lipinski definition) is 2. The van der Waals surface area contributed by atoms with Crippen molar-refractivity contribution in [3.8, 4) is 5.88 Å². The van der Waals surface area contributed by atoms with E-state index in [0.717, 1.165) is 17.3 Å². The summed E-state index contributed by atoms with van der Waals surface area (Å²) < 4.78 is 4.96. The molecule has 1 aliphatic rings. The van der Waals surface area contributed by atoms with Crippen molar-refractivity contribution >= 4 is 40.6 Å². The molecule has 0 saturated carbocycles. The molecule has 1 aliphatic heterocycles. The summed E-state index contributed by atoms with van der Waals surface area (Å²) in [5.41, 5.74) is 1.72. The van der Waals surface area contributed by atoms with E-state index in [0.29, 0.717) is 22.0 Å². The summed E-state index contributed by atoms with van der Waals surface area (Å²) in [6.07, 6.45) is 3.10. The van der Waals surface area contributed by atoms with Gasteiger partial charge in [0.05, 0.1) is 23.9 Å². The molecule has 3 rings (SSSR count). The maximum Gasteiger partial charge on any atom is 0.290 e. The Bertz CT molecular complexity index is 860. The molecule has 2 heterocycles. The Morgan fingerprint density at radius 2 is 1.96 bits per heavy atom. The molecular formula is C17H13N3O4S. The fourth-order valence-electron chi connectivity index (χ4n) is 2.08. The van der Waals surface area contributed by atoms with Crippen molar-refractivity contribution < 1.29 is 19.1 Å². The standard InChI is InChI=1S/C17H13N3O4S/c1-24-14-7-6-12(9-18-14)19-15(21)11-4-2-10(3-5-11)8-13-16(22)20-17(23)25-13/h2-9H,1H3,(H,19,21)(H,20,22,23)/b13-8+. The smallest absolute Gasteiger partial charge is 0.290 e. The van der Waals surface area contributed by atoms with Crippen molar-refractivity contribution in [1.29, 1.82) is 0 Å². The van der Waals surface area contributed by atoms with Gasteiger partial charge in [0.15, 0.2) is 0 Å². The zero-order valence-electron chi connectivity index (χ0n) is 13.1. The number of nitrogens with zero attached hydrogens (tertiary/aromatic N) is 1. The molecule has 8 heteroatoms. The first-order chi connectivity index (χ1) is 12.0. The van der Waals surface area contributed by atoms with Gasteiger partial charge < -0.3 is 10.1 Å². The van der Waals surface area contributed by atoms with Crippen LogP contribution in [0.3, 0.4) is 0 Å². The van der Waals surface area contributed by atoms with Crippen molar-refractivity contribution in [2.24, 2.45) is 0 Å². The van der Waals surface area contributed by atoms with Crippen LogP contribution in [0.2, 0.25) is 0 Å². The Kier molecular flexibility index (Phi) is 4.80. The van der Waals surface area contributed by atoms with E-state index in [1.165, 1.54) is 13.3 Å². The van der Waals surface area contributed by atoms with Crippen LogP contribution >= 0.6 is 11.8 Å². The van der Waals surface area contributed by atoms with Gasteiger partial charge in [-0.25, -0.2) is 4.98 Å². The number of pyridine rings is 1. The van der Waals surface area contributed by atoms with Gasteiger partial charge in [0.1, 0.15) is 0 Å². The minimum absolute atomic E-state index is 0.283. The highest BCUT2D eigenvalue weighted by Gasteiger charge is 2.24. The van der Waals surface area contributed by atoms with Gasteiger partial charge in [0.2, 0.25) is 5.88 Å². The number of nitrogens with one attached hydrogen (secondary N) is 2. The van der Waals surface area contributed by atoms with Crippen LogP contribution in [-0.2, 0) is 4.79 Å². The lowest BCUT2D eigenvalue weighted by Gasteiger charge is -2.06. The molecule has 2 N–H and O–H groups in total. The zero-order valence-corrected chi connectivity index (χ0v) is 13.9. The number of anilines is 1. The molecule has 0 bridgehead atoms. The average molecular weight is 355 g/mol. The second kappa shape index (κ2) is 7.18. The lowest BCUT2D eigenvalue weighted by Crippen LogP contribution is -2.17. The number of benzene rings is 1. The van der Waals surface area contributed by atoms with Crippen molar-refractivity contribution in [2.45, 2.75) is 0 Å². The van der Waals surface area contributed by atoms with Gasteiger partial charge in [0, 0.05) is 11.6 Å². The number of ether oxygens (including phenoxy) is 1. The molecule has 1 aromatic heterocycles. The number of methoxy groups -OCH3 is 1. The molecule has 1 saturated heterocycles. The monoisotopic (exact) mass is 355 g/mol. The normalized spacial score (nSPS) is 15.2. The van der Waals surface area contributed by atoms with E-state index in [-0.39, 0.29) is 11.1 Å². The quantitative estimate of drug-likeness (QED) is 0.819. The van der Waals surface area contributed by atoms with Gasteiger partial charge >= 0.3 is 0 Å². The lowest BCUT2D eigenvalue weighted by atomic mass is 10.1. The van der Waals surface area contributed by atoms with Crippen LogP contribution in [0, 0.1) is 0 Å². The summed E-state index contributed by atoms with van der Waals surface area (Å²) in [6.45, 7) is 0. The van der Waals surface area contributed by atoms with E-state index >= 15 is 0 Å². The van der Waals surface area contributed by atoms with Gasteiger partial charge in [-0.3, -0.25) is 19.7 Å². The molecule has 7 nitrogen and oxygen atoms in total. The number of rotatable bonds is 4. The predicted molar refractivity (Wildman–Crippen MR) is 94.3 cm³/mol. The summed E-state index contributed by atoms with van der Waals surface area (Å²) in [4.78, 5) is 39.2. The van der Waals surface area contributed by atoms with Crippen molar-refractivity contribution in [2.75, 3.05) is 12.4 Å². The van der Waals surface area contributed by atoms with Crippen LogP contribution in [0.15, 0.2) is 47.5 Å². The van der Waals surface area contributed by atoms with Crippen molar-refractivity contribution in [3.05, 3.63) is 58.6 Å². The van der Waals surface area contributed by atoms with Crippen molar-refractivity contribution in [1.82, 2.24) is 10.3 Å². The molecule has 0 spiro atoms. The third-order valence-electron chi connectivity index (χ3n) is 3.32. The average Bonchev–Trinajstić information content (AvgIpc) is 2.93. The van der Waals surface area contributed by atoms with Gasteiger partial charge in [-0.1, -0.05) is 12.1 Å². The SMILES string of the molecule is COc1ccc(NC(=O)c2ccc(/C=C3/SC(=O)NC3=O)cc2)cn1. The Labute approximate surface area is 147 Å². The fraction of sp³-hybridized carbons (Fsp3) is 0.0588. The summed E-state index contributed by atoms with van der Waals surface area (Å²) in [5, 5.41) is 4.53. The number of thioether (sulfide) groups is 1. The number of amides is 3. The number of carbonyl (C=O) groups is 3. The Hall–Kier alpha value is -3.13. The molecule has 0 atom stereocenters. The highest BCUT2D eigenvalue weighted by molar-refractivity contribution is 8.18. The molecule has 1 fully saturated rings. The first-order valence-corrected chi connectivity index (χ1v) is 8.03. The van der Waals surface area contributed by atoms with Gasteiger partial charge in [0.25, 0.3) is 17.1 Å². The van der Waals surface area contributed by atoms with Crippen LogP contribution in [-0.4, -0.2) is 29.1 Å². The van der Waals surface area contributed by atoms with Gasteiger partial charge in [-0.2, -0.15) is 0 Å². The largest absolute Gasteiger partial charge is 0.481 e. The van der Waals surface area contributed by atoms with E-state index in [9.17, 15) is 14.4 Å². The lowest BCUT2D eigenvalue weighted by molar-refractivity contribution is -0.115. The Balaban J connectivity index is 1.69. The highest BCUT2D eigenvalue weighted by Crippen LogP contribution is 2.25. The summed E-state index contributed by atoms with van der Waals surface area (Å²) >= 11 is 0.849. The number of carbonyl (C=O) groups excluding carboxylic acids is 3. The first kappa shape index (κ1) is 16.7. The minimum Gasteiger partial charge on any atom is -0.481 e. The maximum atomic E-state index is 12.2. The summed E-state index contributed by atoms with van der Waals surface area (Å²) in [5.74, 6) is -0.235. The molecule has 1 aromatic carbocycles. The number of imide groups is 1. The number of aromatic nitrogens is 1. The van der Waals surface area contributed by atoms with E-state index in [1.807, 2.05) is 0 Å². The van der Waals surface area contributed by atoms with Crippen LogP contribution in [0.25, 0.3) is 6.08 Å². The van der Waals surface area contributed by atoms with Crippen LogP contribution in [0.1, 0.15) is 15.9 Å². The number of hydrogen-bond acceptors (Lipinski definition) is 6. The molecule has 25 heavy (non-hydrogen) atoms. The molecule has 2 aromatic rings. The van der Waals surface area contributed by atoms with Gasteiger partial charge in [-0.05, 0) is 41.6 Å². The molecule has 3 amide bonds. The van der Waals surface area contributed by atoms with Crippen LogP contribution < -0.4 is 15.4 Å². The van der Waals surface area contributed by atoms with E-state index in [1.54, 1.807) is 42.5 Å².